The van der Waals surface area contributed by atoms with Crippen molar-refractivity contribution in [3.63, 3.8) is 0 Å². The Morgan fingerprint density at radius 3 is 2.67 bits per heavy atom. The lowest BCUT2D eigenvalue weighted by molar-refractivity contribution is 0.414. The van der Waals surface area contributed by atoms with Crippen molar-refractivity contribution < 1.29 is 4.74 Å². The van der Waals surface area contributed by atoms with Gasteiger partial charge in [-0.2, -0.15) is 0 Å². The number of nitrogens with one attached hydrogen (secondary N) is 1. The van der Waals surface area contributed by atoms with E-state index in [1.807, 2.05) is 12.1 Å². The summed E-state index contributed by atoms with van der Waals surface area (Å²) in [4.78, 5) is 8.40. The second kappa shape index (κ2) is 8.64. The van der Waals surface area contributed by atoms with Gasteiger partial charge in [0.05, 0.1) is 13.3 Å². The molecule has 21 heavy (non-hydrogen) atoms. The molecule has 2 rings (SSSR count). The molecule has 0 saturated heterocycles. The Hall–Kier alpha value is -1.59. The van der Waals surface area contributed by atoms with E-state index in [1.54, 1.807) is 37.5 Å². The van der Waals surface area contributed by atoms with E-state index in [9.17, 15) is 0 Å². The molecule has 1 heterocycles. The van der Waals surface area contributed by atoms with Gasteiger partial charge in [-0.1, -0.05) is 19.1 Å². The average Bonchev–Trinajstić information content (AvgIpc) is 2.56. The van der Waals surface area contributed by atoms with E-state index < -0.39 is 0 Å². The molecule has 0 bridgehead atoms. The number of thioether (sulfide) groups is 1. The fraction of sp³-hybridized carbons (Fsp3) is 0.375. The number of hydrogen-bond donors (Lipinski definition) is 1. The van der Waals surface area contributed by atoms with Crippen LogP contribution in [0.25, 0.3) is 0 Å². The maximum Gasteiger partial charge on any atom is 0.118 e. The minimum absolute atomic E-state index is 0.294. The summed E-state index contributed by atoms with van der Waals surface area (Å²) in [6, 6.07) is 8.53. The van der Waals surface area contributed by atoms with E-state index in [4.69, 9.17) is 4.74 Å². The molecule has 112 valence electrons. The fourth-order valence-electron chi connectivity index (χ4n) is 1.96. The second-order valence-electron chi connectivity index (χ2n) is 4.63. The summed E-state index contributed by atoms with van der Waals surface area (Å²) in [5, 5.41) is 4.54. The van der Waals surface area contributed by atoms with Crippen molar-refractivity contribution in [2.24, 2.45) is 0 Å². The molecule has 1 atom stereocenters. The van der Waals surface area contributed by atoms with Gasteiger partial charge in [0.1, 0.15) is 10.8 Å². The lowest BCUT2D eigenvalue weighted by Gasteiger charge is -2.18. The third-order valence-electron chi connectivity index (χ3n) is 3.10. The van der Waals surface area contributed by atoms with Gasteiger partial charge in [-0.05, 0) is 30.7 Å². The third-order valence-corrected chi connectivity index (χ3v) is 4.10. The number of methoxy groups -OCH3 is 1. The maximum atomic E-state index is 5.22. The first-order valence-corrected chi connectivity index (χ1v) is 8.08. The van der Waals surface area contributed by atoms with Gasteiger partial charge in [0.2, 0.25) is 0 Å². The van der Waals surface area contributed by atoms with Crippen LogP contribution in [-0.4, -0.2) is 29.4 Å². The van der Waals surface area contributed by atoms with Crippen LogP contribution in [0.4, 0.5) is 0 Å². The summed E-state index contributed by atoms with van der Waals surface area (Å²) in [7, 11) is 1.69. The Balaban J connectivity index is 2.02. The summed E-state index contributed by atoms with van der Waals surface area (Å²) in [5.74, 6) is 1.81. The predicted octanol–water partition coefficient (Wildman–Crippen LogP) is 3.32. The summed E-state index contributed by atoms with van der Waals surface area (Å²) in [6.07, 6.45) is 6.34. The minimum Gasteiger partial charge on any atom is -0.497 e. The van der Waals surface area contributed by atoms with Crippen LogP contribution in [0.15, 0.2) is 47.9 Å². The van der Waals surface area contributed by atoms with Gasteiger partial charge in [0, 0.05) is 24.2 Å². The third kappa shape index (κ3) is 5.02. The van der Waals surface area contributed by atoms with Crippen LogP contribution in [0, 0.1) is 0 Å². The molecule has 0 fully saturated rings. The quantitative estimate of drug-likeness (QED) is 0.758. The number of nitrogens with zero attached hydrogens (tertiary/aromatic N) is 2. The molecule has 0 aliphatic rings. The van der Waals surface area contributed by atoms with Crippen LogP contribution in [0.2, 0.25) is 0 Å². The molecule has 4 nitrogen and oxygen atoms in total. The van der Waals surface area contributed by atoms with Gasteiger partial charge in [-0.15, -0.1) is 11.8 Å². The first-order valence-electron chi connectivity index (χ1n) is 7.09. The molecule has 0 radical (unpaired) electrons. The highest BCUT2D eigenvalue weighted by atomic mass is 32.2. The molecule has 0 aliphatic heterocycles. The molecule has 0 spiro atoms. The molecule has 1 aromatic heterocycles. The largest absolute Gasteiger partial charge is 0.497 e. The Labute approximate surface area is 130 Å². The van der Waals surface area contributed by atoms with E-state index in [2.05, 4.69) is 34.3 Å². The van der Waals surface area contributed by atoms with Crippen molar-refractivity contribution >= 4 is 11.8 Å². The molecule has 1 aromatic carbocycles. The molecular formula is C16H21N3OS. The molecule has 0 amide bonds. The van der Waals surface area contributed by atoms with Crippen molar-refractivity contribution in [3.8, 4) is 5.75 Å². The van der Waals surface area contributed by atoms with Crippen molar-refractivity contribution in [1.29, 1.82) is 0 Å². The highest BCUT2D eigenvalue weighted by Crippen LogP contribution is 2.24. The summed E-state index contributed by atoms with van der Waals surface area (Å²) in [5.41, 5.74) is 1.26. The number of hydrogen-bond acceptors (Lipinski definition) is 5. The molecule has 0 aliphatic carbocycles. The SMILES string of the molecule is CCCNC(CSc1cnccn1)c1ccc(OC)cc1. The predicted molar refractivity (Wildman–Crippen MR) is 86.8 cm³/mol. The van der Waals surface area contributed by atoms with Gasteiger partial charge >= 0.3 is 0 Å². The number of ether oxygens (including phenoxy) is 1. The van der Waals surface area contributed by atoms with Gasteiger partial charge < -0.3 is 10.1 Å². The zero-order chi connectivity index (χ0) is 14.9. The molecule has 1 unspecified atom stereocenters. The molecular weight excluding hydrogens is 282 g/mol. The lowest BCUT2D eigenvalue weighted by atomic mass is 10.1. The van der Waals surface area contributed by atoms with Crippen LogP contribution < -0.4 is 10.1 Å². The Kier molecular flexibility index (Phi) is 6.50. The molecule has 0 saturated carbocycles. The van der Waals surface area contributed by atoms with E-state index >= 15 is 0 Å². The van der Waals surface area contributed by atoms with Crippen molar-refractivity contribution in [2.75, 3.05) is 19.4 Å². The summed E-state index contributed by atoms with van der Waals surface area (Å²) in [6.45, 7) is 3.17. The van der Waals surface area contributed by atoms with E-state index in [1.165, 1.54) is 5.56 Å². The monoisotopic (exact) mass is 303 g/mol. The number of rotatable bonds is 8. The Morgan fingerprint density at radius 1 is 1.24 bits per heavy atom. The minimum atomic E-state index is 0.294. The Bertz CT molecular complexity index is 519. The second-order valence-corrected chi connectivity index (χ2v) is 5.67. The van der Waals surface area contributed by atoms with Gasteiger partial charge in [-0.25, -0.2) is 4.98 Å². The molecule has 2 aromatic rings. The van der Waals surface area contributed by atoms with Crippen LogP contribution >= 0.6 is 11.8 Å². The highest BCUT2D eigenvalue weighted by molar-refractivity contribution is 7.99. The van der Waals surface area contributed by atoms with E-state index in [0.717, 1.165) is 29.5 Å². The van der Waals surface area contributed by atoms with E-state index in [0.29, 0.717) is 6.04 Å². The molecule has 5 heteroatoms. The van der Waals surface area contributed by atoms with Crippen molar-refractivity contribution in [3.05, 3.63) is 48.4 Å². The number of aromatic nitrogens is 2. The topological polar surface area (TPSA) is 47.0 Å². The fourth-order valence-corrected chi connectivity index (χ4v) is 2.87. The zero-order valence-corrected chi connectivity index (χ0v) is 13.3. The maximum absolute atomic E-state index is 5.22. The number of benzene rings is 1. The van der Waals surface area contributed by atoms with Crippen LogP contribution in [0.3, 0.4) is 0 Å². The van der Waals surface area contributed by atoms with Gasteiger partial charge in [-0.3, -0.25) is 4.98 Å². The zero-order valence-electron chi connectivity index (χ0n) is 12.5. The van der Waals surface area contributed by atoms with Gasteiger partial charge in [0.25, 0.3) is 0 Å². The first kappa shape index (κ1) is 15.8. The first-order chi connectivity index (χ1) is 10.3. The average molecular weight is 303 g/mol. The van der Waals surface area contributed by atoms with Crippen molar-refractivity contribution in [2.45, 2.75) is 24.4 Å². The standard InChI is InChI=1S/C16H21N3OS/c1-3-8-18-15(12-21-16-11-17-9-10-19-16)13-4-6-14(20-2)7-5-13/h4-7,9-11,15,18H,3,8,12H2,1-2H3. The van der Waals surface area contributed by atoms with E-state index in [-0.39, 0.29) is 0 Å². The van der Waals surface area contributed by atoms with Crippen LogP contribution in [0.1, 0.15) is 24.9 Å². The van der Waals surface area contributed by atoms with Crippen LogP contribution in [-0.2, 0) is 0 Å². The normalized spacial score (nSPS) is 12.1. The van der Waals surface area contributed by atoms with Crippen LogP contribution in [0.5, 0.6) is 5.75 Å². The van der Waals surface area contributed by atoms with Gasteiger partial charge in [0.15, 0.2) is 0 Å². The lowest BCUT2D eigenvalue weighted by Crippen LogP contribution is -2.24. The highest BCUT2D eigenvalue weighted by Gasteiger charge is 2.11. The van der Waals surface area contributed by atoms with Crippen molar-refractivity contribution in [1.82, 2.24) is 15.3 Å². The Morgan fingerprint density at radius 2 is 2.05 bits per heavy atom. The summed E-state index contributed by atoms with van der Waals surface area (Å²) >= 11 is 1.72. The summed E-state index contributed by atoms with van der Waals surface area (Å²) < 4.78 is 5.22. The smallest absolute Gasteiger partial charge is 0.118 e. The molecule has 1 N–H and O–H groups in total.